The van der Waals surface area contributed by atoms with Crippen LogP contribution in [0.25, 0.3) is 10.9 Å². The number of nitrogens with one attached hydrogen (secondary N) is 1. The predicted molar refractivity (Wildman–Crippen MR) is 112 cm³/mol. The number of thiophene rings is 1. The van der Waals surface area contributed by atoms with E-state index in [-0.39, 0.29) is 5.91 Å². The van der Waals surface area contributed by atoms with E-state index in [4.69, 9.17) is 0 Å². The fourth-order valence-electron chi connectivity index (χ4n) is 3.08. The predicted octanol–water partition coefficient (Wildman–Crippen LogP) is 4.82. The molecule has 2 aromatic heterocycles. The Labute approximate surface area is 161 Å². The first kappa shape index (κ1) is 17.2. The fourth-order valence-corrected chi connectivity index (χ4v) is 3.76. The second-order valence-corrected chi connectivity index (χ2v) is 7.48. The summed E-state index contributed by atoms with van der Waals surface area (Å²) in [7, 11) is 0. The van der Waals surface area contributed by atoms with Gasteiger partial charge < -0.3 is 4.57 Å². The molecule has 0 aliphatic heterocycles. The number of aryl methyl sites for hydroxylation is 1. The summed E-state index contributed by atoms with van der Waals surface area (Å²) in [5.41, 5.74) is 6.61. The van der Waals surface area contributed by atoms with E-state index in [1.807, 2.05) is 48.7 Å². The maximum absolute atomic E-state index is 12.1. The van der Waals surface area contributed by atoms with Gasteiger partial charge in [-0.1, -0.05) is 48.5 Å². The number of carbonyl (C=O) groups is 1. The van der Waals surface area contributed by atoms with E-state index in [2.05, 4.69) is 45.6 Å². The highest BCUT2D eigenvalue weighted by molar-refractivity contribution is 7.10. The Kier molecular flexibility index (Phi) is 4.85. The average Bonchev–Trinajstić information content (AvgIpc) is 3.27. The Hall–Kier alpha value is -3.18. The number of aromatic nitrogens is 1. The van der Waals surface area contributed by atoms with Crippen molar-refractivity contribution in [2.45, 2.75) is 13.5 Å². The molecule has 0 fully saturated rings. The number of nitrogens with zero attached hydrogens (tertiary/aromatic N) is 2. The molecule has 0 saturated heterocycles. The Morgan fingerprint density at radius 3 is 2.70 bits per heavy atom. The van der Waals surface area contributed by atoms with Crippen molar-refractivity contribution in [3.8, 4) is 0 Å². The van der Waals surface area contributed by atoms with Crippen molar-refractivity contribution in [1.29, 1.82) is 0 Å². The van der Waals surface area contributed by atoms with Crippen LogP contribution in [0.2, 0.25) is 0 Å². The number of rotatable bonds is 5. The van der Waals surface area contributed by atoms with Crippen molar-refractivity contribution in [2.24, 2.45) is 5.10 Å². The van der Waals surface area contributed by atoms with Gasteiger partial charge >= 0.3 is 0 Å². The summed E-state index contributed by atoms with van der Waals surface area (Å²) in [4.78, 5) is 13.2. The van der Waals surface area contributed by atoms with E-state index in [1.54, 1.807) is 17.6 Å². The topological polar surface area (TPSA) is 46.4 Å². The van der Waals surface area contributed by atoms with Gasteiger partial charge in [-0.15, -0.1) is 11.3 Å². The quantitative estimate of drug-likeness (QED) is 0.395. The number of para-hydroxylation sites is 1. The molecule has 2 heterocycles. The summed E-state index contributed by atoms with van der Waals surface area (Å²) in [6.45, 7) is 2.77. The van der Waals surface area contributed by atoms with E-state index < -0.39 is 0 Å². The molecule has 27 heavy (non-hydrogen) atoms. The van der Waals surface area contributed by atoms with Gasteiger partial charge in [-0.2, -0.15) is 5.10 Å². The zero-order valence-electron chi connectivity index (χ0n) is 14.9. The summed E-state index contributed by atoms with van der Waals surface area (Å²) in [6, 6.07) is 20.4. The van der Waals surface area contributed by atoms with Crippen LogP contribution in [0.3, 0.4) is 0 Å². The molecule has 0 unspecified atom stereocenters. The highest BCUT2D eigenvalue weighted by atomic mass is 32.1. The van der Waals surface area contributed by atoms with Gasteiger partial charge in [-0.25, -0.2) is 5.43 Å². The number of amides is 1. The van der Waals surface area contributed by atoms with E-state index in [0.29, 0.717) is 5.56 Å². The summed E-state index contributed by atoms with van der Waals surface area (Å²) in [5, 5.41) is 7.11. The number of hydrogen-bond donors (Lipinski definition) is 1. The van der Waals surface area contributed by atoms with Crippen molar-refractivity contribution in [2.75, 3.05) is 0 Å². The van der Waals surface area contributed by atoms with Gasteiger partial charge in [0.1, 0.15) is 0 Å². The Morgan fingerprint density at radius 2 is 1.93 bits per heavy atom. The van der Waals surface area contributed by atoms with Gasteiger partial charge in [0.15, 0.2) is 0 Å². The number of hydrogen-bond acceptors (Lipinski definition) is 3. The van der Waals surface area contributed by atoms with Crippen molar-refractivity contribution in [3.63, 3.8) is 0 Å². The van der Waals surface area contributed by atoms with Gasteiger partial charge in [0.05, 0.1) is 11.8 Å². The minimum Gasteiger partial charge on any atom is -0.342 e. The minimum absolute atomic E-state index is 0.191. The van der Waals surface area contributed by atoms with Crippen LogP contribution < -0.4 is 5.43 Å². The van der Waals surface area contributed by atoms with Crippen molar-refractivity contribution in [1.82, 2.24) is 9.99 Å². The van der Waals surface area contributed by atoms with Crippen LogP contribution in [0.5, 0.6) is 0 Å². The van der Waals surface area contributed by atoms with Crippen LogP contribution in [-0.2, 0) is 6.54 Å². The van der Waals surface area contributed by atoms with Gasteiger partial charge in [0, 0.05) is 39.5 Å². The van der Waals surface area contributed by atoms with Crippen molar-refractivity contribution >= 4 is 34.4 Å². The SMILES string of the molecule is Cc1cc(C(=O)NN=Cc2cn(Cc3ccccc3)c3ccccc23)cs1. The number of hydrazone groups is 1. The summed E-state index contributed by atoms with van der Waals surface area (Å²) >= 11 is 1.55. The fraction of sp³-hybridized carbons (Fsp3) is 0.0909. The molecular formula is C22H19N3OS. The van der Waals surface area contributed by atoms with Crippen LogP contribution in [0.1, 0.15) is 26.4 Å². The lowest BCUT2D eigenvalue weighted by Gasteiger charge is -2.05. The van der Waals surface area contributed by atoms with Crippen LogP contribution in [0, 0.1) is 6.92 Å². The lowest BCUT2D eigenvalue weighted by atomic mass is 10.2. The standard InChI is InChI=1S/C22H19N3OS/c1-16-11-18(15-27-16)22(26)24-23-12-19-14-25(13-17-7-3-2-4-8-17)21-10-6-5-9-20(19)21/h2-12,14-15H,13H2,1H3,(H,24,26). The van der Waals surface area contributed by atoms with Gasteiger partial charge in [0.25, 0.3) is 5.91 Å². The molecular weight excluding hydrogens is 354 g/mol. The third-order valence-electron chi connectivity index (χ3n) is 4.38. The largest absolute Gasteiger partial charge is 0.342 e. The lowest BCUT2D eigenvalue weighted by molar-refractivity contribution is 0.0955. The highest BCUT2D eigenvalue weighted by Gasteiger charge is 2.08. The minimum atomic E-state index is -0.191. The van der Waals surface area contributed by atoms with Gasteiger partial charge in [0.2, 0.25) is 0 Å². The smallest absolute Gasteiger partial charge is 0.272 e. The molecule has 2 aromatic carbocycles. The zero-order valence-corrected chi connectivity index (χ0v) is 15.7. The van der Waals surface area contributed by atoms with Gasteiger partial charge in [-0.05, 0) is 24.6 Å². The Bertz CT molecular complexity index is 1110. The summed E-state index contributed by atoms with van der Waals surface area (Å²) in [6.07, 6.45) is 3.78. The number of benzene rings is 2. The monoisotopic (exact) mass is 373 g/mol. The second-order valence-electron chi connectivity index (χ2n) is 6.36. The Morgan fingerprint density at radius 1 is 1.15 bits per heavy atom. The first-order chi connectivity index (χ1) is 13.2. The molecule has 4 nitrogen and oxygen atoms in total. The Balaban J connectivity index is 1.57. The first-order valence-electron chi connectivity index (χ1n) is 8.71. The average molecular weight is 373 g/mol. The van der Waals surface area contributed by atoms with Crippen LogP contribution in [0.4, 0.5) is 0 Å². The normalized spacial score (nSPS) is 11.3. The molecule has 0 atom stereocenters. The lowest BCUT2D eigenvalue weighted by Crippen LogP contribution is -2.16. The summed E-state index contributed by atoms with van der Waals surface area (Å²) in [5.74, 6) is -0.191. The molecule has 134 valence electrons. The molecule has 0 aliphatic carbocycles. The van der Waals surface area contributed by atoms with Crippen molar-refractivity contribution in [3.05, 3.63) is 93.8 Å². The molecule has 0 saturated carbocycles. The molecule has 4 rings (SSSR count). The molecule has 4 aromatic rings. The van der Waals surface area contributed by atoms with Crippen LogP contribution in [-0.4, -0.2) is 16.7 Å². The molecule has 0 spiro atoms. The molecule has 0 bridgehead atoms. The van der Waals surface area contributed by atoms with E-state index in [0.717, 1.165) is 27.9 Å². The third kappa shape index (κ3) is 3.83. The van der Waals surface area contributed by atoms with Crippen molar-refractivity contribution < 1.29 is 4.79 Å². The molecule has 1 N–H and O–H groups in total. The van der Waals surface area contributed by atoms with Crippen LogP contribution in [0.15, 0.2) is 77.3 Å². The molecule has 0 aliphatic rings. The third-order valence-corrected chi connectivity index (χ3v) is 5.24. The number of fused-ring (bicyclic) bond motifs is 1. The number of carbonyl (C=O) groups excluding carboxylic acids is 1. The molecule has 5 heteroatoms. The maximum atomic E-state index is 12.1. The molecule has 1 amide bonds. The van der Waals surface area contributed by atoms with E-state index in [9.17, 15) is 4.79 Å². The van der Waals surface area contributed by atoms with Crippen LogP contribution >= 0.6 is 11.3 Å². The van der Waals surface area contributed by atoms with E-state index in [1.165, 1.54) is 5.56 Å². The van der Waals surface area contributed by atoms with Gasteiger partial charge in [-0.3, -0.25) is 4.79 Å². The second kappa shape index (κ2) is 7.60. The molecule has 0 radical (unpaired) electrons. The van der Waals surface area contributed by atoms with E-state index >= 15 is 0 Å². The maximum Gasteiger partial charge on any atom is 0.272 e. The first-order valence-corrected chi connectivity index (χ1v) is 9.59. The highest BCUT2D eigenvalue weighted by Crippen LogP contribution is 2.21. The summed E-state index contributed by atoms with van der Waals surface area (Å²) < 4.78 is 2.20. The zero-order chi connectivity index (χ0) is 18.6.